The molecule has 0 spiro atoms. The van der Waals surface area contributed by atoms with Gasteiger partial charge in [0.25, 0.3) is 0 Å². The van der Waals surface area contributed by atoms with Crippen LogP contribution in [-0.2, 0) is 6.42 Å². The van der Waals surface area contributed by atoms with Crippen LogP contribution >= 0.6 is 11.8 Å². The number of ketones is 1. The zero-order valence-corrected chi connectivity index (χ0v) is 12.7. The molecule has 0 amide bonds. The first-order valence-electron chi connectivity index (χ1n) is 7.30. The smallest absolute Gasteiger partial charge is 0.163 e. The van der Waals surface area contributed by atoms with E-state index in [-0.39, 0.29) is 5.78 Å². The highest BCUT2D eigenvalue weighted by atomic mass is 32.2. The van der Waals surface area contributed by atoms with Crippen molar-refractivity contribution in [2.45, 2.75) is 24.2 Å². The summed E-state index contributed by atoms with van der Waals surface area (Å²) in [7, 11) is 0. The van der Waals surface area contributed by atoms with Crippen LogP contribution in [0.1, 0.15) is 28.8 Å². The van der Waals surface area contributed by atoms with Gasteiger partial charge in [0, 0.05) is 22.6 Å². The monoisotopic (exact) mass is 298 g/mol. The number of thioether (sulfide) groups is 1. The lowest BCUT2D eigenvalue weighted by Crippen LogP contribution is -2.11. The number of benzene rings is 2. The molecule has 0 bridgehead atoms. The minimum Gasteiger partial charge on any atom is -0.493 e. The van der Waals surface area contributed by atoms with Gasteiger partial charge in [-0.2, -0.15) is 0 Å². The second-order valence-electron chi connectivity index (χ2n) is 5.11. The molecule has 0 saturated heterocycles. The number of ether oxygens (including phenoxy) is 1. The van der Waals surface area contributed by atoms with E-state index in [1.165, 1.54) is 4.90 Å². The molecule has 0 N–H and O–H groups in total. The van der Waals surface area contributed by atoms with E-state index in [1.54, 1.807) is 11.8 Å². The summed E-state index contributed by atoms with van der Waals surface area (Å²) in [5, 5.41) is 0. The van der Waals surface area contributed by atoms with Gasteiger partial charge in [0.2, 0.25) is 0 Å². The third-order valence-electron chi connectivity index (χ3n) is 3.60. The molecule has 2 aromatic carbocycles. The van der Waals surface area contributed by atoms with E-state index in [4.69, 9.17) is 4.74 Å². The van der Waals surface area contributed by atoms with Crippen LogP contribution < -0.4 is 4.74 Å². The zero-order chi connectivity index (χ0) is 14.5. The molecule has 0 saturated carbocycles. The number of aryl methyl sites for hydroxylation is 1. The molecule has 0 aromatic heterocycles. The highest BCUT2D eigenvalue weighted by Crippen LogP contribution is 2.25. The second-order valence-corrected chi connectivity index (χ2v) is 6.27. The Morgan fingerprint density at radius 1 is 1.05 bits per heavy atom. The Bertz CT molecular complexity index is 622. The summed E-state index contributed by atoms with van der Waals surface area (Å²) < 4.78 is 5.77. The fourth-order valence-electron chi connectivity index (χ4n) is 2.53. The van der Waals surface area contributed by atoms with Gasteiger partial charge in [0.05, 0.1) is 6.61 Å². The van der Waals surface area contributed by atoms with Gasteiger partial charge in [0.1, 0.15) is 5.75 Å². The number of fused-ring (bicyclic) bond motifs is 1. The van der Waals surface area contributed by atoms with E-state index >= 15 is 0 Å². The maximum atomic E-state index is 11.9. The Morgan fingerprint density at radius 2 is 1.90 bits per heavy atom. The highest BCUT2D eigenvalue weighted by Gasteiger charge is 2.17. The van der Waals surface area contributed by atoms with Crippen molar-refractivity contribution in [3.05, 3.63) is 59.7 Å². The van der Waals surface area contributed by atoms with Crippen molar-refractivity contribution >= 4 is 17.5 Å². The first-order valence-corrected chi connectivity index (χ1v) is 8.28. The molecule has 3 heteroatoms. The van der Waals surface area contributed by atoms with E-state index in [2.05, 4.69) is 12.1 Å². The normalized spacial score (nSPS) is 13.8. The first kappa shape index (κ1) is 14.2. The van der Waals surface area contributed by atoms with Crippen molar-refractivity contribution in [2.75, 3.05) is 12.4 Å². The largest absolute Gasteiger partial charge is 0.493 e. The van der Waals surface area contributed by atoms with Gasteiger partial charge < -0.3 is 4.74 Å². The Hall–Kier alpha value is -1.74. The van der Waals surface area contributed by atoms with Crippen molar-refractivity contribution in [2.24, 2.45) is 0 Å². The summed E-state index contributed by atoms with van der Waals surface area (Å²) in [6.45, 7) is 0.645. The third-order valence-corrected chi connectivity index (χ3v) is 4.57. The van der Waals surface area contributed by atoms with Crippen molar-refractivity contribution in [3.63, 3.8) is 0 Å². The van der Waals surface area contributed by atoms with E-state index in [0.29, 0.717) is 13.0 Å². The fourth-order valence-corrected chi connectivity index (χ4v) is 3.28. The van der Waals surface area contributed by atoms with Gasteiger partial charge in [-0.05, 0) is 42.7 Å². The summed E-state index contributed by atoms with van der Waals surface area (Å²) >= 11 is 1.78. The lowest BCUT2D eigenvalue weighted by Gasteiger charge is -2.15. The van der Waals surface area contributed by atoms with Crippen LogP contribution in [0.2, 0.25) is 0 Å². The summed E-state index contributed by atoms with van der Waals surface area (Å²) in [4.78, 5) is 13.1. The molecule has 2 nitrogen and oxygen atoms in total. The van der Waals surface area contributed by atoms with Gasteiger partial charge in [-0.3, -0.25) is 4.79 Å². The van der Waals surface area contributed by atoms with Crippen LogP contribution in [0.3, 0.4) is 0 Å². The highest BCUT2D eigenvalue weighted by molar-refractivity contribution is 7.99. The van der Waals surface area contributed by atoms with Crippen molar-refractivity contribution < 1.29 is 9.53 Å². The Balaban J connectivity index is 1.54. The molecule has 108 valence electrons. The number of rotatable bonds is 5. The summed E-state index contributed by atoms with van der Waals surface area (Å²) in [6, 6.07) is 16.2. The van der Waals surface area contributed by atoms with E-state index < -0.39 is 0 Å². The van der Waals surface area contributed by atoms with Gasteiger partial charge in [-0.1, -0.05) is 24.3 Å². The minimum absolute atomic E-state index is 0.250. The molecule has 0 heterocycles. The summed E-state index contributed by atoms with van der Waals surface area (Å²) in [5.74, 6) is 1.95. The molecule has 21 heavy (non-hydrogen) atoms. The zero-order valence-electron chi connectivity index (χ0n) is 11.9. The van der Waals surface area contributed by atoms with Crippen LogP contribution in [0, 0.1) is 0 Å². The molecular formula is C18H18O2S. The maximum absolute atomic E-state index is 11.9. The Labute approximate surface area is 129 Å². The predicted octanol–water partition coefficient (Wildman–Crippen LogP) is 4.38. The van der Waals surface area contributed by atoms with E-state index in [1.807, 2.05) is 36.4 Å². The number of Topliss-reactive ketones (excluding diaryl/α,β-unsaturated/α-hetero) is 1. The SMILES string of the molecule is O=C1CCCc2ccc(OCCSc3ccccc3)cc21. The molecule has 3 rings (SSSR count). The molecule has 0 atom stereocenters. The average molecular weight is 298 g/mol. The topological polar surface area (TPSA) is 26.3 Å². The van der Waals surface area contributed by atoms with Gasteiger partial charge >= 0.3 is 0 Å². The molecule has 1 aliphatic rings. The Kier molecular flexibility index (Phi) is 4.61. The summed E-state index contributed by atoms with van der Waals surface area (Å²) in [6.07, 6.45) is 2.64. The number of hydrogen-bond donors (Lipinski definition) is 0. The number of hydrogen-bond acceptors (Lipinski definition) is 3. The average Bonchev–Trinajstić information content (AvgIpc) is 2.53. The van der Waals surface area contributed by atoms with Crippen LogP contribution in [-0.4, -0.2) is 18.1 Å². The lowest BCUT2D eigenvalue weighted by atomic mass is 9.90. The summed E-state index contributed by atoms with van der Waals surface area (Å²) in [5.41, 5.74) is 2.02. The quantitative estimate of drug-likeness (QED) is 0.605. The van der Waals surface area contributed by atoms with Crippen molar-refractivity contribution in [1.29, 1.82) is 0 Å². The molecule has 2 aromatic rings. The molecule has 0 unspecified atom stereocenters. The van der Waals surface area contributed by atoms with Crippen LogP contribution in [0.5, 0.6) is 5.75 Å². The minimum atomic E-state index is 0.250. The lowest BCUT2D eigenvalue weighted by molar-refractivity contribution is 0.0972. The van der Waals surface area contributed by atoms with Crippen LogP contribution in [0.4, 0.5) is 0 Å². The standard InChI is InChI=1S/C18H18O2S/c19-18-8-4-5-14-9-10-15(13-17(14)18)20-11-12-21-16-6-2-1-3-7-16/h1-3,6-7,9-10,13H,4-5,8,11-12H2. The predicted molar refractivity (Wildman–Crippen MR) is 86.4 cm³/mol. The molecular weight excluding hydrogens is 280 g/mol. The molecule has 0 aliphatic heterocycles. The van der Waals surface area contributed by atoms with Gasteiger partial charge in [-0.15, -0.1) is 11.8 Å². The molecule has 0 radical (unpaired) electrons. The maximum Gasteiger partial charge on any atom is 0.163 e. The second kappa shape index (κ2) is 6.81. The number of carbonyl (C=O) groups excluding carboxylic acids is 1. The van der Waals surface area contributed by atoms with Crippen molar-refractivity contribution in [3.8, 4) is 5.75 Å². The first-order chi connectivity index (χ1) is 10.3. The number of carbonyl (C=O) groups is 1. The third kappa shape index (κ3) is 3.67. The van der Waals surface area contributed by atoms with Gasteiger partial charge in [-0.25, -0.2) is 0 Å². The molecule has 0 fully saturated rings. The fraction of sp³-hybridized carbons (Fsp3) is 0.278. The molecule has 1 aliphatic carbocycles. The Morgan fingerprint density at radius 3 is 2.76 bits per heavy atom. The van der Waals surface area contributed by atoms with Crippen LogP contribution in [0.15, 0.2) is 53.4 Å². The van der Waals surface area contributed by atoms with Gasteiger partial charge in [0.15, 0.2) is 5.78 Å². The van der Waals surface area contributed by atoms with E-state index in [9.17, 15) is 4.79 Å². The van der Waals surface area contributed by atoms with Crippen LogP contribution in [0.25, 0.3) is 0 Å². The van der Waals surface area contributed by atoms with E-state index in [0.717, 1.165) is 35.5 Å². The van der Waals surface area contributed by atoms with Crippen molar-refractivity contribution in [1.82, 2.24) is 0 Å².